The van der Waals surface area contributed by atoms with Crippen molar-refractivity contribution in [2.24, 2.45) is 0 Å². The number of rotatable bonds is 4. The molecule has 0 aliphatic heterocycles. The molecule has 8 heteroatoms. The van der Waals surface area contributed by atoms with Crippen molar-refractivity contribution in [3.05, 3.63) is 66.6 Å². The molecule has 4 nitrogen and oxygen atoms in total. The molecular formula is C13H8Br2F2N2O2. The highest BCUT2D eigenvalue weighted by molar-refractivity contribution is 9.10. The van der Waals surface area contributed by atoms with E-state index in [0.717, 1.165) is 12.1 Å². The van der Waals surface area contributed by atoms with Crippen LogP contribution in [0.1, 0.15) is 5.56 Å². The minimum atomic E-state index is -0.778. The van der Waals surface area contributed by atoms with Crippen molar-refractivity contribution in [1.29, 1.82) is 0 Å². The lowest BCUT2D eigenvalue weighted by Crippen LogP contribution is -2.06. The molecule has 0 spiro atoms. The van der Waals surface area contributed by atoms with E-state index in [4.69, 9.17) is 0 Å². The minimum Gasteiger partial charge on any atom is -0.376 e. The third-order valence-electron chi connectivity index (χ3n) is 2.70. The van der Waals surface area contributed by atoms with Crippen LogP contribution < -0.4 is 5.32 Å². The van der Waals surface area contributed by atoms with Crippen molar-refractivity contribution in [2.75, 3.05) is 5.32 Å². The van der Waals surface area contributed by atoms with Crippen LogP contribution in [0.15, 0.2) is 39.3 Å². The van der Waals surface area contributed by atoms with Crippen LogP contribution in [-0.2, 0) is 6.54 Å². The first-order valence-corrected chi connectivity index (χ1v) is 7.28. The largest absolute Gasteiger partial charge is 0.376 e. The van der Waals surface area contributed by atoms with Gasteiger partial charge in [0.05, 0.1) is 4.92 Å². The van der Waals surface area contributed by atoms with E-state index >= 15 is 0 Å². The number of anilines is 1. The van der Waals surface area contributed by atoms with E-state index in [-0.39, 0.29) is 22.4 Å². The summed E-state index contributed by atoms with van der Waals surface area (Å²) in [6.07, 6.45) is 0. The van der Waals surface area contributed by atoms with Gasteiger partial charge in [0.15, 0.2) is 0 Å². The summed E-state index contributed by atoms with van der Waals surface area (Å²) in [6.45, 7) is -0.0781. The normalized spacial score (nSPS) is 10.5. The van der Waals surface area contributed by atoms with Crippen molar-refractivity contribution >= 4 is 43.2 Å². The molecule has 2 aromatic rings. The SMILES string of the molecule is O=[N+]([O-])c1ccc(Br)cc1CNc1c(F)cc(Br)cc1F. The van der Waals surface area contributed by atoms with Gasteiger partial charge in [-0.15, -0.1) is 0 Å². The van der Waals surface area contributed by atoms with Gasteiger partial charge < -0.3 is 5.32 Å². The molecule has 0 unspecified atom stereocenters. The first kappa shape index (κ1) is 15.8. The molecule has 0 aliphatic carbocycles. The molecule has 1 N–H and O–H groups in total. The van der Waals surface area contributed by atoms with E-state index < -0.39 is 16.6 Å². The molecule has 0 heterocycles. The second-order valence-corrected chi connectivity index (χ2v) is 5.96. The Hall–Kier alpha value is -1.54. The Morgan fingerprint density at radius 1 is 1.10 bits per heavy atom. The van der Waals surface area contributed by atoms with Gasteiger partial charge in [0.25, 0.3) is 5.69 Å². The molecule has 0 aromatic heterocycles. The highest BCUT2D eigenvalue weighted by Crippen LogP contribution is 2.27. The number of nitro benzene ring substituents is 1. The lowest BCUT2D eigenvalue weighted by Gasteiger charge is -2.10. The fourth-order valence-electron chi connectivity index (χ4n) is 1.77. The molecular weight excluding hydrogens is 414 g/mol. The van der Waals surface area contributed by atoms with Crippen LogP contribution in [0, 0.1) is 21.7 Å². The van der Waals surface area contributed by atoms with Gasteiger partial charge in [-0.2, -0.15) is 0 Å². The Balaban J connectivity index is 2.28. The summed E-state index contributed by atoms with van der Waals surface area (Å²) in [7, 11) is 0. The minimum absolute atomic E-state index is 0.0781. The van der Waals surface area contributed by atoms with Crippen LogP contribution in [0.3, 0.4) is 0 Å². The van der Waals surface area contributed by atoms with E-state index in [0.29, 0.717) is 10.0 Å². The van der Waals surface area contributed by atoms with Gasteiger partial charge in [0, 0.05) is 27.1 Å². The van der Waals surface area contributed by atoms with Gasteiger partial charge >= 0.3 is 0 Å². The summed E-state index contributed by atoms with van der Waals surface area (Å²) in [5.41, 5.74) is -0.132. The van der Waals surface area contributed by atoms with Crippen molar-refractivity contribution in [3.8, 4) is 0 Å². The highest BCUT2D eigenvalue weighted by atomic mass is 79.9. The van der Waals surface area contributed by atoms with Crippen molar-refractivity contribution in [3.63, 3.8) is 0 Å². The Morgan fingerprint density at radius 2 is 1.71 bits per heavy atom. The third-order valence-corrected chi connectivity index (χ3v) is 3.65. The summed E-state index contributed by atoms with van der Waals surface area (Å²) in [5.74, 6) is -1.56. The quantitative estimate of drug-likeness (QED) is 0.557. The zero-order chi connectivity index (χ0) is 15.6. The molecule has 0 bridgehead atoms. The van der Waals surface area contributed by atoms with E-state index in [2.05, 4.69) is 37.2 Å². The lowest BCUT2D eigenvalue weighted by molar-refractivity contribution is -0.385. The fourth-order valence-corrected chi connectivity index (χ4v) is 2.58. The Bertz CT molecular complexity index is 688. The van der Waals surface area contributed by atoms with Gasteiger partial charge in [0.2, 0.25) is 0 Å². The van der Waals surface area contributed by atoms with Crippen LogP contribution in [0.4, 0.5) is 20.2 Å². The predicted molar refractivity (Wildman–Crippen MR) is 82.2 cm³/mol. The monoisotopic (exact) mass is 420 g/mol. The number of hydrogen-bond acceptors (Lipinski definition) is 3. The molecule has 0 fully saturated rings. The number of nitrogens with one attached hydrogen (secondary N) is 1. The standard InChI is InChI=1S/C13H8Br2F2N2O2/c14-8-1-2-12(19(20)21)7(3-8)6-18-13-10(16)4-9(15)5-11(13)17/h1-5,18H,6H2. The Labute approximate surface area is 135 Å². The molecule has 110 valence electrons. The van der Waals surface area contributed by atoms with Crippen LogP contribution in [-0.4, -0.2) is 4.92 Å². The van der Waals surface area contributed by atoms with E-state index in [9.17, 15) is 18.9 Å². The fraction of sp³-hybridized carbons (Fsp3) is 0.0769. The molecule has 2 aromatic carbocycles. The van der Waals surface area contributed by atoms with Crippen molar-refractivity contribution in [1.82, 2.24) is 0 Å². The first-order valence-electron chi connectivity index (χ1n) is 5.69. The van der Waals surface area contributed by atoms with E-state index in [1.807, 2.05) is 0 Å². The topological polar surface area (TPSA) is 55.2 Å². The number of benzene rings is 2. The van der Waals surface area contributed by atoms with Crippen molar-refractivity contribution < 1.29 is 13.7 Å². The van der Waals surface area contributed by atoms with Crippen LogP contribution in [0.2, 0.25) is 0 Å². The molecule has 0 atom stereocenters. The van der Waals surface area contributed by atoms with Gasteiger partial charge in [-0.1, -0.05) is 31.9 Å². The van der Waals surface area contributed by atoms with Gasteiger partial charge in [0.1, 0.15) is 17.3 Å². The molecule has 0 saturated carbocycles. The zero-order valence-corrected chi connectivity index (χ0v) is 13.5. The number of halogens is 4. The first-order chi connectivity index (χ1) is 9.88. The van der Waals surface area contributed by atoms with Crippen LogP contribution in [0.25, 0.3) is 0 Å². The van der Waals surface area contributed by atoms with Crippen LogP contribution >= 0.6 is 31.9 Å². The number of nitro groups is 1. The summed E-state index contributed by atoms with van der Waals surface area (Å²) < 4.78 is 28.3. The van der Waals surface area contributed by atoms with Crippen molar-refractivity contribution in [2.45, 2.75) is 6.54 Å². The summed E-state index contributed by atoms with van der Waals surface area (Å²) in [5, 5.41) is 13.5. The number of hydrogen-bond donors (Lipinski definition) is 1. The maximum absolute atomic E-state index is 13.7. The van der Waals surface area contributed by atoms with Gasteiger partial charge in [-0.05, 0) is 24.3 Å². The second-order valence-electron chi connectivity index (χ2n) is 4.13. The summed E-state index contributed by atoms with van der Waals surface area (Å²) in [6, 6.07) is 6.61. The molecule has 0 aliphatic rings. The van der Waals surface area contributed by atoms with Gasteiger partial charge in [-0.3, -0.25) is 10.1 Å². The molecule has 21 heavy (non-hydrogen) atoms. The Morgan fingerprint density at radius 3 is 2.29 bits per heavy atom. The van der Waals surface area contributed by atoms with Crippen LogP contribution in [0.5, 0.6) is 0 Å². The smallest absolute Gasteiger partial charge is 0.274 e. The highest BCUT2D eigenvalue weighted by Gasteiger charge is 2.16. The average molecular weight is 422 g/mol. The Kier molecular flexibility index (Phi) is 4.89. The average Bonchev–Trinajstić information content (AvgIpc) is 2.37. The molecule has 0 saturated heterocycles. The predicted octanol–water partition coefficient (Wildman–Crippen LogP) is 5.01. The van der Waals surface area contributed by atoms with E-state index in [1.54, 1.807) is 0 Å². The maximum Gasteiger partial charge on any atom is 0.274 e. The number of nitrogens with zero attached hydrogens (tertiary/aromatic N) is 1. The molecule has 0 radical (unpaired) electrons. The second kappa shape index (κ2) is 6.48. The molecule has 0 amide bonds. The third kappa shape index (κ3) is 3.76. The zero-order valence-electron chi connectivity index (χ0n) is 10.4. The maximum atomic E-state index is 13.7. The summed E-state index contributed by atoms with van der Waals surface area (Å²) in [4.78, 5) is 10.4. The van der Waals surface area contributed by atoms with E-state index in [1.165, 1.54) is 18.2 Å². The summed E-state index contributed by atoms with van der Waals surface area (Å²) >= 11 is 6.19. The lowest BCUT2D eigenvalue weighted by atomic mass is 10.1. The molecule has 2 rings (SSSR count). The van der Waals surface area contributed by atoms with Gasteiger partial charge in [-0.25, -0.2) is 8.78 Å².